The average Bonchev–Trinajstić information content (AvgIpc) is 3.02. The highest BCUT2D eigenvalue weighted by Crippen LogP contribution is 2.57. The number of hydrogen-bond donors (Lipinski definition) is 0. The van der Waals surface area contributed by atoms with E-state index in [0.717, 1.165) is 24.9 Å². The summed E-state index contributed by atoms with van der Waals surface area (Å²) in [6.45, 7) is 4.68. The van der Waals surface area contributed by atoms with E-state index in [1.54, 1.807) is 16.8 Å². The second-order valence-corrected chi connectivity index (χ2v) is 8.53. The molecule has 0 amide bonds. The lowest BCUT2D eigenvalue weighted by Gasteiger charge is -2.18. The molecule has 1 spiro atoms. The number of rotatable bonds is 4. The third kappa shape index (κ3) is 2.11. The van der Waals surface area contributed by atoms with Crippen molar-refractivity contribution in [2.24, 2.45) is 0 Å². The Kier molecular flexibility index (Phi) is 3.10. The van der Waals surface area contributed by atoms with Crippen LogP contribution in [0.4, 0.5) is 5.69 Å². The number of fused-ring (bicyclic) bond motifs is 2. The van der Waals surface area contributed by atoms with Crippen molar-refractivity contribution in [2.45, 2.75) is 49.6 Å². The van der Waals surface area contributed by atoms with Gasteiger partial charge in [0.25, 0.3) is 10.0 Å². The van der Waals surface area contributed by atoms with Crippen LogP contribution in [0.1, 0.15) is 44.7 Å². The van der Waals surface area contributed by atoms with Crippen LogP contribution in [-0.2, 0) is 15.4 Å². The van der Waals surface area contributed by atoms with Gasteiger partial charge in [0.05, 0.1) is 12.0 Å². The molecule has 23 heavy (non-hydrogen) atoms. The minimum absolute atomic E-state index is 0.0446. The molecule has 2 heterocycles. The lowest BCUT2D eigenvalue weighted by atomic mass is 9.99. The van der Waals surface area contributed by atoms with Crippen LogP contribution in [0.15, 0.2) is 41.8 Å². The van der Waals surface area contributed by atoms with Crippen molar-refractivity contribution in [3.05, 3.63) is 42.4 Å². The Labute approximate surface area is 137 Å². The number of hydrogen-bond acceptors (Lipinski definition) is 3. The molecule has 0 radical (unpaired) electrons. The van der Waals surface area contributed by atoms with Crippen LogP contribution >= 0.6 is 0 Å². The third-order valence-corrected chi connectivity index (χ3v) is 6.92. The number of para-hydroxylation sites is 1. The molecule has 5 nitrogen and oxygen atoms in total. The maximum Gasteiger partial charge on any atom is 0.283 e. The number of nitrogens with zero attached hydrogens (tertiary/aromatic N) is 3. The second-order valence-electron chi connectivity index (χ2n) is 6.73. The topological polar surface area (TPSA) is 55.2 Å². The Morgan fingerprint density at radius 2 is 2.04 bits per heavy atom. The van der Waals surface area contributed by atoms with Gasteiger partial charge in [-0.15, -0.1) is 0 Å². The summed E-state index contributed by atoms with van der Waals surface area (Å²) in [5, 5.41) is 0.144. The zero-order valence-electron chi connectivity index (χ0n) is 13.4. The van der Waals surface area contributed by atoms with Gasteiger partial charge in [0.2, 0.25) is 0 Å². The van der Waals surface area contributed by atoms with E-state index in [1.165, 1.54) is 5.56 Å². The van der Waals surface area contributed by atoms with E-state index in [2.05, 4.69) is 24.9 Å². The zero-order valence-corrected chi connectivity index (χ0v) is 14.3. The molecule has 0 unspecified atom stereocenters. The highest BCUT2D eigenvalue weighted by Gasteiger charge is 2.54. The molecule has 1 aromatic carbocycles. The number of sulfonamides is 1. The summed E-state index contributed by atoms with van der Waals surface area (Å²) in [5.41, 5.74) is 2.04. The normalized spacial score (nSPS) is 19.8. The molecule has 4 rings (SSSR count). The summed E-state index contributed by atoms with van der Waals surface area (Å²) in [6, 6.07) is 8.11. The minimum atomic E-state index is -3.60. The monoisotopic (exact) mass is 331 g/mol. The summed E-state index contributed by atoms with van der Waals surface area (Å²) >= 11 is 0. The maximum atomic E-state index is 13.1. The highest BCUT2D eigenvalue weighted by atomic mass is 32.2. The Balaban J connectivity index is 1.74. The number of benzene rings is 1. The molecule has 1 fully saturated rings. The van der Waals surface area contributed by atoms with Crippen molar-refractivity contribution < 1.29 is 8.42 Å². The summed E-state index contributed by atoms with van der Waals surface area (Å²) < 4.78 is 29.6. The van der Waals surface area contributed by atoms with Crippen LogP contribution in [0, 0.1) is 0 Å². The minimum Gasteiger partial charge on any atom is -0.333 e. The predicted octanol–water partition coefficient (Wildman–Crippen LogP) is 3.09. The van der Waals surface area contributed by atoms with Gasteiger partial charge in [-0.2, -0.15) is 8.42 Å². The third-order valence-electron chi connectivity index (χ3n) is 5.28. The predicted molar refractivity (Wildman–Crippen MR) is 89.1 cm³/mol. The van der Waals surface area contributed by atoms with Crippen molar-refractivity contribution >= 4 is 15.7 Å². The first kappa shape index (κ1) is 14.8. The first-order valence-electron chi connectivity index (χ1n) is 8.14. The van der Waals surface area contributed by atoms with Crippen molar-refractivity contribution in [1.29, 1.82) is 0 Å². The second kappa shape index (κ2) is 4.84. The fourth-order valence-corrected chi connectivity index (χ4v) is 4.89. The van der Waals surface area contributed by atoms with Crippen LogP contribution in [0.5, 0.6) is 0 Å². The van der Waals surface area contributed by atoms with E-state index < -0.39 is 10.0 Å². The van der Waals surface area contributed by atoms with Crippen LogP contribution < -0.4 is 4.31 Å². The maximum absolute atomic E-state index is 13.1. The summed E-state index contributed by atoms with van der Waals surface area (Å²) in [7, 11) is -3.60. The molecule has 1 atom stereocenters. The van der Waals surface area contributed by atoms with Crippen LogP contribution in [0.2, 0.25) is 0 Å². The van der Waals surface area contributed by atoms with Gasteiger partial charge in [0.1, 0.15) is 0 Å². The van der Waals surface area contributed by atoms with Crippen molar-refractivity contribution in [3.63, 3.8) is 0 Å². The molecule has 6 heteroatoms. The molecule has 0 saturated heterocycles. The Bertz CT molecular complexity index is 852. The van der Waals surface area contributed by atoms with Crippen LogP contribution in [0.25, 0.3) is 0 Å². The molecule has 2 aliphatic rings. The molecule has 0 N–H and O–H groups in total. The number of imidazole rings is 1. The Morgan fingerprint density at radius 3 is 2.74 bits per heavy atom. The van der Waals surface area contributed by atoms with Gasteiger partial charge in [-0.25, -0.2) is 4.98 Å². The van der Waals surface area contributed by atoms with Crippen molar-refractivity contribution in [1.82, 2.24) is 9.55 Å². The van der Waals surface area contributed by atoms with Gasteiger partial charge >= 0.3 is 0 Å². The first-order valence-corrected chi connectivity index (χ1v) is 9.58. The van der Waals surface area contributed by atoms with E-state index in [-0.39, 0.29) is 16.5 Å². The van der Waals surface area contributed by atoms with Gasteiger partial charge in [-0.05, 0) is 37.8 Å². The standard InChI is InChI=1S/C17H21N3O2S/c1-3-13(2)19-10-16(18-12-19)23(21,22)20-11-17(8-9-17)14-6-4-5-7-15(14)20/h4-7,10,12-13H,3,8-9,11H2,1-2H3/t13-/m1/s1. The quantitative estimate of drug-likeness (QED) is 0.865. The smallest absolute Gasteiger partial charge is 0.283 e. The first-order chi connectivity index (χ1) is 11.0. The number of aromatic nitrogens is 2. The van der Waals surface area contributed by atoms with Crippen LogP contribution in [-0.4, -0.2) is 24.5 Å². The molecule has 1 aromatic heterocycles. The highest BCUT2D eigenvalue weighted by molar-refractivity contribution is 7.92. The lowest BCUT2D eigenvalue weighted by Crippen LogP contribution is -2.31. The van der Waals surface area contributed by atoms with Gasteiger partial charge in [-0.1, -0.05) is 25.1 Å². The molecule has 1 saturated carbocycles. The number of anilines is 1. The molecular formula is C17H21N3O2S. The molecular weight excluding hydrogens is 310 g/mol. The Morgan fingerprint density at radius 1 is 1.30 bits per heavy atom. The van der Waals surface area contributed by atoms with Crippen molar-refractivity contribution in [3.8, 4) is 0 Å². The zero-order chi connectivity index (χ0) is 16.2. The van der Waals surface area contributed by atoms with Crippen molar-refractivity contribution in [2.75, 3.05) is 10.8 Å². The van der Waals surface area contributed by atoms with E-state index in [9.17, 15) is 8.42 Å². The fourth-order valence-electron chi connectivity index (χ4n) is 3.39. The SMILES string of the molecule is CC[C@@H](C)n1cnc(S(=O)(=O)N2CC3(CC3)c3ccccc32)c1. The average molecular weight is 331 g/mol. The van der Waals surface area contributed by atoms with E-state index >= 15 is 0 Å². The summed E-state index contributed by atoms with van der Waals surface area (Å²) in [4.78, 5) is 4.18. The van der Waals surface area contributed by atoms with E-state index in [0.29, 0.717) is 6.54 Å². The molecule has 122 valence electrons. The van der Waals surface area contributed by atoms with Gasteiger partial charge < -0.3 is 4.57 Å². The fraction of sp³-hybridized carbons (Fsp3) is 0.471. The Hall–Kier alpha value is -1.82. The molecule has 2 aromatic rings. The van der Waals surface area contributed by atoms with Gasteiger partial charge in [-0.3, -0.25) is 4.31 Å². The summed E-state index contributed by atoms with van der Waals surface area (Å²) in [6.07, 6.45) is 6.35. The van der Waals surface area contributed by atoms with E-state index in [1.807, 2.05) is 22.8 Å². The van der Waals surface area contributed by atoms with E-state index in [4.69, 9.17) is 0 Å². The molecule has 1 aliphatic heterocycles. The van der Waals surface area contributed by atoms with Gasteiger partial charge in [0.15, 0.2) is 5.03 Å². The molecule has 0 bridgehead atoms. The van der Waals surface area contributed by atoms with Gasteiger partial charge in [0, 0.05) is 24.2 Å². The molecule has 1 aliphatic carbocycles. The lowest BCUT2D eigenvalue weighted by molar-refractivity contribution is 0.529. The largest absolute Gasteiger partial charge is 0.333 e. The van der Waals surface area contributed by atoms with Crippen LogP contribution in [0.3, 0.4) is 0 Å². The summed E-state index contributed by atoms with van der Waals surface area (Å²) in [5.74, 6) is 0.